The second kappa shape index (κ2) is 9.48. The van der Waals surface area contributed by atoms with E-state index >= 15 is 0 Å². The lowest BCUT2D eigenvalue weighted by Gasteiger charge is -2.12. The molecule has 0 aliphatic carbocycles. The number of carbonyl (C=O) groups is 2. The summed E-state index contributed by atoms with van der Waals surface area (Å²) in [5.74, 6) is 0. The van der Waals surface area contributed by atoms with Gasteiger partial charge in [-0.05, 0) is 32.7 Å². The molecule has 0 aliphatic rings. The SMILES string of the molecule is C=Cc1c2ccccc2c(C=C)c2ccccc12.NC(=O)O.NC(=O)O. The van der Waals surface area contributed by atoms with Gasteiger partial charge in [-0.25, -0.2) is 9.59 Å². The first-order valence-corrected chi connectivity index (χ1v) is 7.48. The number of hydrogen-bond donors (Lipinski definition) is 4. The number of hydrogen-bond acceptors (Lipinski definition) is 2. The van der Waals surface area contributed by atoms with Crippen LogP contribution in [0.5, 0.6) is 0 Å². The summed E-state index contributed by atoms with van der Waals surface area (Å²) in [6.45, 7) is 7.92. The zero-order chi connectivity index (χ0) is 19.7. The number of rotatable bonds is 2. The first-order valence-electron chi connectivity index (χ1n) is 7.48. The highest BCUT2D eigenvalue weighted by atomic mass is 16.4. The van der Waals surface area contributed by atoms with Gasteiger partial charge in [0.2, 0.25) is 0 Å². The van der Waals surface area contributed by atoms with E-state index in [0.29, 0.717) is 0 Å². The monoisotopic (exact) mass is 352 g/mol. The predicted octanol–water partition coefficient (Wildman–Crippen LogP) is 4.53. The van der Waals surface area contributed by atoms with Crippen molar-refractivity contribution in [2.24, 2.45) is 11.5 Å². The molecule has 0 saturated heterocycles. The van der Waals surface area contributed by atoms with Gasteiger partial charge in [0.05, 0.1) is 0 Å². The van der Waals surface area contributed by atoms with Gasteiger partial charge in [0.15, 0.2) is 0 Å². The molecule has 0 spiro atoms. The van der Waals surface area contributed by atoms with Gasteiger partial charge < -0.3 is 21.7 Å². The van der Waals surface area contributed by atoms with E-state index in [1.165, 1.54) is 32.7 Å². The third-order valence-electron chi connectivity index (χ3n) is 3.42. The van der Waals surface area contributed by atoms with Gasteiger partial charge in [0.25, 0.3) is 0 Å². The van der Waals surface area contributed by atoms with Gasteiger partial charge in [-0.15, -0.1) is 0 Å². The lowest BCUT2D eigenvalue weighted by Crippen LogP contribution is -2.03. The average molecular weight is 352 g/mol. The Balaban J connectivity index is 0.000000360. The summed E-state index contributed by atoms with van der Waals surface area (Å²) in [6, 6.07) is 16.8. The van der Waals surface area contributed by atoms with Crippen LogP contribution >= 0.6 is 0 Å². The van der Waals surface area contributed by atoms with Crippen molar-refractivity contribution in [1.29, 1.82) is 0 Å². The van der Waals surface area contributed by atoms with Crippen LogP contribution in [0.2, 0.25) is 0 Å². The van der Waals surface area contributed by atoms with E-state index in [1.54, 1.807) is 0 Å². The van der Waals surface area contributed by atoms with E-state index in [0.717, 1.165) is 0 Å². The van der Waals surface area contributed by atoms with Crippen molar-refractivity contribution in [3.8, 4) is 0 Å². The average Bonchev–Trinajstić information content (AvgIpc) is 2.58. The summed E-state index contributed by atoms with van der Waals surface area (Å²) >= 11 is 0. The molecule has 0 aromatic heterocycles. The highest BCUT2D eigenvalue weighted by Gasteiger charge is 2.08. The minimum absolute atomic E-state index is 1.20. The standard InChI is InChI=1S/C18H14.2CH3NO2/c1-3-13-15-9-5-7-11-17(15)14(4-2)18-12-8-6-10-16(13)18;2*2-1(3)4/h3-12H,1-2H2;2*2H2,(H,3,4). The fourth-order valence-electron chi connectivity index (χ4n) is 2.64. The molecule has 6 heteroatoms. The second-order valence-corrected chi connectivity index (χ2v) is 5.00. The van der Waals surface area contributed by atoms with E-state index in [-0.39, 0.29) is 0 Å². The zero-order valence-corrected chi connectivity index (χ0v) is 14.1. The number of primary amides is 2. The van der Waals surface area contributed by atoms with Gasteiger partial charge >= 0.3 is 12.2 Å². The maximum absolute atomic E-state index is 8.78. The van der Waals surface area contributed by atoms with Crippen LogP contribution in [-0.4, -0.2) is 22.4 Å². The number of benzene rings is 3. The number of nitrogens with two attached hydrogens (primary N) is 2. The third-order valence-corrected chi connectivity index (χ3v) is 3.42. The van der Waals surface area contributed by atoms with Crippen molar-refractivity contribution in [1.82, 2.24) is 0 Å². The summed E-state index contributed by atoms with van der Waals surface area (Å²) in [7, 11) is 0. The topological polar surface area (TPSA) is 127 Å². The number of carboxylic acid groups (broad SMARTS) is 2. The lowest BCUT2D eigenvalue weighted by atomic mass is 9.92. The second-order valence-electron chi connectivity index (χ2n) is 5.00. The van der Waals surface area contributed by atoms with Crippen LogP contribution < -0.4 is 11.5 Å². The Morgan fingerprint density at radius 1 is 0.692 bits per heavy atom. The highest BCUT2D eigenvalue weighted by Crippen LogP contribution is 2.33. The first kappa shape index (κ1) is 20.2. The maximum atomic E-state index is 8.78. The molecule has 3 aromatic rings. The normalized spacial score (nSPS) is 9.23. The molecule has 0 aliphatic heterocycles. The highest BCUT2D eigenvalue weighted by molar-refractivity contribution is 6.12. The number of fused-ring (bicyclic) bond motifs is 2. The number of amides is 2. The molecule has 0 radical (unpaired) electrons. The van der Waals surface area contributed by atoms with E-state index in [1.807, 2.05) is 12.2 Å². The quantitative estimate of drug-likeness (QED) is 0.505. The molecule has 0 unspecified atom stereocenters. The molecule has 0 heterocycles. The molecule has 0 bridgehead atoms. The summed E-state index contributed by atoms with van der Waals surface area (Å²) < 4.78 is 0. The van der Waals surface area contributed by atoms with E-state index in [9.17, 15) is 0 Å². The smallest absolute Gasteiger partial charge is 0.402 e. The zero-order valence-electron chi connectivity index (χ0n) is 14.1. The van der Waals surface area contributed by atoms with Gasteiger partial charge in [-0.2, -0.15) is 0 Å². The molecule has 134 valence electrons. The molecule has 0 fully saturated rings. The van der Waals surface area contributed by atoms with Gasteiger partial charge in [0.1, 0.15) is 0 Å². The van der Waals surface area contributed by atoms with Crippen molar-refractivity contribution in [3.05, 3.63) is 72.8 Å². The van der Waals surface area contributed by atoms with Crippen LogP contribution in [0.1, 0.15) is 11.1 Å². The van der Waals surface area contributed by atoms with Crippen LogP contribution in [-0.2, 0) is 0 Å². The molecular weight excluding hydrogens is 332 g/mol. The van der Waals surface area contributed by atoms with E-state index in [2.05, 4.69) is 73.2 Å². The summed E-state index contributed by atoms with van der Waals surface area (Å²) in [6.07, 6.45) is 1.22. The van der Waals surface area contributed by atoms with Crippen molar-refractivity contribution >= 4 is 45.9 Å². The van der Waals surface area contributed by atoms with Crippen molar-refractivity contribution < 1.29 is 19.8 Å². The molecule has 2 amide bonds. The fraction of sp³-hybridized carbons (Fsp3) is 0. The first-order chi connectivity index (χ1) is 12.3. The van der Waals surface area contributed by atoms with Crippen molar-refractivity contribution in [3.63, 3.8) is 0 Å². The Morgan fingerprint density at radius 2 is 0.885 bits per heavy atom. The molecule has 6 nitrogen and oxygen atoms in total. The summed E-state index contributed by atoms with van der Waals surface area (Å²) in [4.78, 5) is 17.6. The molecular formula is C20H20N2O4. The Morgan fingerprint density at radius 3 is 1.04 bits per heavy atom. The van der Waals surface area contributed by atoms with Crippen LogP contribution in [0.25, 0.3) is 33.7 Å². The molecule has 26 heavy (non-hydrogen) atoms. The Labute approximate surface area is 150 Å². The maximum Gasteiger partial charge on any atom is 0.402 e. The van der Waals surface area contributed by atoms with Crippen LogP contribution in [0.4, 0.5) is 9.59 Å². The Kier molecular flexibility index (Phi) is 7.39. The summed E-state index contributed by atoms with van der Waals surface area (Å²) in [5, 5.41) is 19.3. The minimum Gasteiger partial charge on any atom is -0.465 e. The van der Waals surface area contributed by atoms with Crippen LogP contribution in [0.15, 0.2) is 61.7 Å². The van der Waals surface area contributed by atoms with Crippen molar-refractivity contribution in [2.45, 2.75) is 0 Å². The van der Waals surface area contributed by atoms with Crippen LogP contribution in [0.3, 0.4) is 0 Å². The molecule has 3 rings (SSSR count). The lowest BCUT2D eigenvalue weighted by molar-refractivity contribution is 0.204. The van der Waals surface area contributed by atoms with Gasteiger partial charge in [-0.1, -0.05) is 73.8 Å². The molecule has 6 N–H and O–H groups in total. The molecule has 0 saturated carbocycles. The third kappa shape index (κ3) is 5.10. The Bertz CT molecular complexity index is 822. The largest absolute Gasteiger partial charge is 0.465 e. The van der Waals surface area contributed by atoms with E-state index < -0.39 is 12.2 Å². The fourth-order valence-corrected chi connectivity index (χ4v) is 2.64. The Hall–Kier alpha value is -3.80. The van der Waals surface area contributed by atoms with Gasteiger partial charge in [-0.3, -0.25) is 0 Å². The van der Waals surface area contributed by atoms with Gasteiger partial charge in [0, 0.05) is 0 Å². The van der Waals surface area contributed by atoms with Crippen LogP contribution in [0, 0.1) is 0 Å². The molecule has 3 aromatic carbocycles. The molecule has 0 atom stereocenters. The predicted molar refractivity (Wildman–Crippen MR) is 106 cm³/mol. The van der Waals surface area contributed by atoms with E-state index in [4.69, 9.17) is 19.8 Å². The summed E-state index contributed by atoms with van der Waals surface area (Å²) in [5.41, 5.74) is 10.5. The minimum atomic E-state index is -1.33. The van der Waals surface area contributed by atoms with Crippen molar-refractivity contribution in [2.75, 3.05) is 0 Å².